The smallest absolute Gasteiger partial charge is 0.407 e. The van der Waals surface area contributed by atoms with E-state index < -0.39 is 0 Å². The Bertz CT molecular complexity index is 444. The largest absolute Gasteiger partial charge is 0.445 e. The Hall–Kier alpha value is -1.59. The maximum atomic E-state index is 11.8. The van der Waals surface area contributed by atoms with Crippen LogP contribution in [0.5, 0.6) is 0 Å². The zero-order valence-corrected chi connectivity index (χ0v) is 13.3. The van der Waals surface area contributed by atoms with Gasteiger partial charge >= 0.3 is 6.09 Å². The number of carbonyl (C=O) groups excluding carboxylic acids is 1. The predicted molar refractivity (Wildman–Crippen MR) is 87.5 cm³/mol. The molecule has 1 aliphatic carbocycles. The van der Waals surface area contributed by atoms with E-state index in [1.807, 2.05) is 30.3 Å². The van der Waals surface area contributed by atoms with Crippen LogP contribution in [-0.4, -0.2) is 43.2 Å². The molecule has 0 bridgehead atoms. The summed E-state index contributed by atoms with van der Waals surface area (Å²) in [7, 11) is 2.12. The minimum absolute atomic E-state index is 0.228. The van der Waals surface area contributed by atoms with E-state index >= 15 is 0 Å². The van der Waals surface area contributed by atoms with E-state index in [0.717, 1.165) is 37.8 Å². The lowest BCUT2D eigenvalue weighted by Gasteiger charge is -2.34. The van der Waals surface area contributed by atoms with Crippen molar-refractivity contribution in [2.24, 2.45) is 5.73 Å². The topological polar surface area (TPSA) is 67.6 Å². The van der Waals surface area contributed by atoms with Gasteiger partial charge in [0, 0.05) is 25.2 Å². The van der Waals surface area contributed by atoms with Gasteiger partial charge in [0.05, 0.1) is 0 Å². The number of hydrogen-bond acceptors (Lipinski definition) is 4. The standard InChI is InChI=1S/C17H27N3O2/c1-20(12-11-18)16-9-7-15(8-10-16)19-17(21)22-13-14-5-3-2-4-6-14/h2-6,15-16H,7-13,18H2,1H3,(H,19,21). The van der Waals surface area contributed by atoms with Crippen LogP contribution in [0, 0.1) is 0 Å². The molecule has 1 saturated carbocycles. The van der Waals surface area contributed by atoms with E-state index in [1.54, 1.807) is 0 Å². The highest BCUT2D eigenvalue weighted by atomic mass is 16.5. The Labute approximate surface area is 132 Å². The molecule has 5 nitrogen and oxygen atoms in total. The number of likely N-dealkylation sites (N-methyl/N-ethyl adjacent to an activating group) is 1. The van der Waals surface area contributed by atoms with Crippen LogP contribution in [0.1, 0.15) is 31.2 Å². The van der Waals surface area contributed by atoms with Gasteiger partial charge in [-0.15, -0.1) is 0 Å². The number of hydrogen-bond donors (Lipinski definition) is 2. The van der Waals surface area contributed by atoms with Crippen molar-refractivity contribution in [2.45, 2.75) is 44.4 Å². The summed E-state index contributed by atoms with van der Waals surface area (Å²) < 4.78 is 5.27. The molecule has 0 radical (unpaired) electrons. The highest BCUT2D eigenvalue weighted by molar-refractivity contribution is 5.67. The Kier molecular flexibility index (Phi) is 6.68. The van der Waals surface area contributed by atoms with Crippen LogP contribution >= 0.6 is 0 Å². The van der Waals surface area contributed by atoms with Gasteiger partial charge in [0.25, 0.3) is 0 Å². The molecule has 122 valence electrons. The Morgan fingerprint density at radius 3 is 2.59 bits per heavy atom. The van der Waals surface area contributed by atoms with Crippen LogP contribution in [0.3, 0.4) is 0 Å². The maximum Gasteiger partial charge on any atom is 0.407 e. The highest BCUT2D eigenvalue weighted by Crippen LogP contribution is 2.22. The predicted octanol–water partition coefficient (Wildman–Crippen LogP) is 2.11. The number of nitrogens with two attached hydrogens (primary N) is 1. The quantitative estimate of drug-likeness (QED) is 0.845. The molecule has 1 fully saturated rings. The second kappa shape index (κ2) is 8.76. The zero-order chi connectivity index (χ0) is 15.8. The van der Waals surface area contributed by atoms with Crippen LogP contribution < -0.4 is 11.1 Å². The van der Waals surface area contributed by atoms with Gasteiger partial charge in [-0.25, -0.2) is 4.79 Å². The molecule has 0 aliphatic heterocycles. The molecule has 0 unspecified atom stereocenters. The third-order valence-corrected chi connectivity index (χ3v) is 4.34. The van der Waals surface area contributed by atoms with E-state index in [9.17, 15) is 4.79 Å². The summed E-state index contributed by atoms with van der Waals surface area (Å²) in [5, 5.41) is 2.98. The summed E-state index contributed by atoms with van der Waals surface area (Å²) in [6.45, 7) is 1.95. The molecule has 0 spiro atoms. The number of benzene rings is 1. The van der Waals surface area contributed by atoms with Crippen LogP contribution in [-0.2, 0) is 11.3 Å². The summed E-state index contributed by atoms with van der Waals surface area (Å²) in [6.07, 6.45) is 3.88. The first-order valence-corrected chi connectivity index (χ1v) is 8.06. The van der Waals surface area contributed by atoms with Crippen molar-refractivity contribution in [1.29, 1.82) is 0 Å². The number of nitrogens with one attached hydrogen (secondary N) is 1. The zero-order valence-electron chi connectivity index (χ0n) is 13.3. The van der Waals surface area contributed by atoms with Crippen molar-refractivity contribution < 1.29 is 9.53 Å². The highest BCUT2D eigenvalue weighted by Gasteiger charge is 2.24. The van der Waals surface area contributed by atoms with Crippen molar-refractivity contribution in [3.8, 4) is 0 Å². The molecule has 0 atom stereocenters. The van der Waals surface area contributed by atoms with Gasteiger partial charge in [-0.3, -0.25) is 0 Å². The van der Waals surface area contributed by atoms with Crippen LogP contribution in [0.15, 0.2) is 30.3 Å². The number of nitrogens with zero attached hydrogens (tertiary/aromatic N) is 1. The first-order valence-electron chi connectivity index (χ1n) is 8.06. The molecule has 3 N–H and O–H groups in total. The van der Waals surface area contributed by atoms with Gasteiger partial charge in [-0.1, -0.05) is 30.3 Å². The Balaban J connectivity index is 1.66. The molecule has 2 rings (SSSR count). The molecule has 0 heterocycles. The number of carbonyl (C=O) groups is 1. The Morgan fingerprint density at radius 1 is 1.27 bits per heavy atom. The SMILES string of the molecule is CN(CCN)C1CCC(NC(=O)OCc2ccccc2)CC1. The monoisotopic (exact) mass is 305 g/mol. The first kappa shape index (κ1) is 16.8. The molecule has 1 aromatic rings. The third kappa shape index (κ3) is 5.31. The average Bonchev–Trinajstić information content (AvgIpc) is 2.55. The fourth-order valence-electron chi connectivity index (χ4n) is 2.98. The molecule has 1 aliphatic rings. The molecule has 0 aromatic heterocycles. The fraction of sp³-hybridized carbons (Fsp3) is 0.588. The van der Waals surface area contributed by atoms with Crippen LogP contribution in [0.4, 0.5) is 4.79 Å². The average molecular weight is 305 g/mol. The van der Waals surface area contributed by atoms with E-state index in [2.05, 4.69) is 17.3 Å². The normalized spacial score (nSPS) is 21.6. The summed E-state index contributed by atoms with van der Waals surface area (Å²) in [4.78, 5) is 14.2. The van der Waals surface area contributed by atoms with Gasteiger partial charge in [0.2, 0.25) is 0 Å². The lowest BCUT2D eigenvalue weighted by atomic mass is 9.90. The van der Waals surface area contributed by atoms with Crippen molar-refractivity contribution in [3.05, 3.63) is 35.9 Å². The molecule has 22 heavy (non-hydrogen) atoms. The molecule has 0 saturated heterocycles. The molecule has 5 heteroatoms. The van der Waals surface area contributed by atoms with Crippen molar-refractivity contribution >= 4 is 6.09 Å². The van der Waals surface area contributed by atoms with Gasteiger partial charge in [-0.2, -0.15) is 0 Å². The maximum absolute atomic E-state index is 11.8. The number of amides is 1. The van der Waals surface area contributed by atoms with Gasteiger partial charge in [0.15, 0.2) is 0 Å². The second-order valence-electron chi connectivity index (χ2n) is 5.98. The van der Waals surface area contributed by atoms with E-state index in [4.69, 9.17) is 10.5 Å². The van der Waals surface area contributed by atoms with E-state index in [-0.39, 0.29) is 12.1 Å². The van der Waals surface area contributed by atoms with Crippen molar-refractivity contribution in [3.63, 3.8) is 0 Å². The molecular formula is C17H27N3O2. The number of rotatable bonds is 6. The molecule has 1 amide bonds. The fourth-order valence-corrected chi connectivity index (χ4v) is 2.98. The van der Waals surface area contributed by atoms with Gasteiger partial charge < -0.3 is 20.7 Å². The second-order valence-corrected chi connectivity index (χ2v) is 5.98. The van der Waals surface area contributed by atoms with Crippen LogP contribution in [0.2, 0.25) is 0 Å². The lowest BCUT2D eigenvalue weighted by Crippen LogP contribution is -2.44. The van der Waals surface area contributed by atoms with Crippen molar-refractivity contribution in [1.82, 2.24) is 10.2 Å². The minimum Gasteiger partial charge on any atom is -0.445 e. The van der Waals surface area contributed by atoms with E-state index in [0.29, 0.717) is 19.2 Å². The summed E-state index contributed by atoms with van der Waals surface area (Å²) >= 11 is 0. The van der Waals surface area contributed by atoms with Gasteiger partial charge in [0.1, 0.15) is 6.61 Å². The third-order valence-electron chi connectivity index (χ3n) is 4.34. The minimum atomic E-state index is -0.317. The summed E-state index contributed by atoms with van der Waals surface area (Å²) in [5.41, 5.74) is 6.60. The first-order chi connectivity index (χ1) is 10.7. The van der Waals surface area contributed by atoms with Crippen molar-refractivity contribution in [2.75, 3.05) is 20.1 Å². The molecule has 1 aromatic carbocycles. The molecular weight excluding hydrogens is 278 g/mol. The van der Waals surface area contributed by atoms with Gasteiger partial charge in [-0.05, 0) is 38.3 Å². The lowest BCUT2D eigenvalue weighted by molar-refractivity contribution is 0.126. The number of alkyl carbamates (subject to hydrolysis) is 1. The van der Waals surface area contributed by atoms with E-state index in [1.165, 1.54) is 0 Å². The summed E-state index contributed by atoms with van der Waals surface area (Å²) in [5.74, 6) is 0. The Morgan fingerprint density at radius 2 is 1.95 bits per heavy atom. The number of ether oxygens (including phenoxy) is 1. The summed E-state index contributed by atoms with van der Waals surface area (Å²) in [6, 6.07) is 10.5. The van der Waals surface area contributed by atoms with Crippen LogP contribution in [0.25, 0.3) is 0 Å².